The SMILES string of the molecule is Cn1cc(-c2cnc(CNC3CC3)o2)cn1. The predicted octanol–water partition coefficient (Wildman–Crippen LogP) is 1.33. The molecule has 1 fully saturated rings. The standard InChI is InChI=1S/C11H14N4O/c1-15-7-8(4-14-15)10-5-13-11(16-10)6-12-9-2-3-9/h4-5,7,9,12H,2-3,6H2,1H3. The summed E-state index contributed by atoms with van der Waals surface area (Å²) in [6, 6.07) is 0.675. The lowest BCUT2D eigenvalue weighted by atomic mass is 10.3. The van der Waals surface area contributed by atoms with Crippen LogP contribution >= 0.6 is 0 Å². The number of aromatic nitrogens is 3. The quantitative estimate of drug-likeness (QED) is 0.841. The number of nitrogens with zero attached hydrogens (tertiary/aromatic N) is 3. The van der Waals surface area contributed by atoms with Gasteiger partial charge in [0.15, 0.2) is 5.76 Å². The smallest absolute Gasteiger partial charge is 0.208 e. The molecule has 1 N–H and O–H groups in total. The number of hydrogen-bond acceptors (Lipinski definition) is 4. The minimum absolute atomic E-state index is 0.675. The lowest BCUT2D eigenvalue weighted by Crippen LogP contribution is -2.15. The molecular weight excluding hydrogens is 204 g/mol. The van der Waals surface area contributed by atoms with Crippen molar-refractivity contribution in [3.63, 3.8) is 0 Å². The average molecular weight is 218 g/mol. The van der Waals surface area contributed by atoms with Gasteiger partial charge in [-0.25, -0.2) is 4.98 Å². The number of oxazole rings is 1. The zero-order valence-corrected chi connectivity index (χ0v) is 9.18. The summed E-state index contributed by atoms with van der Waals surface area (Å²) >= 11 is 0. The molecule has 0 spiro atoms. The van der Waals surface area contributed by atoms with E-state index in [1.807, 2.05) is 13.2 Å². The maximum absolute atomic E-state index is 5.63. The maximum atomic E-state index is 5.63. The summed E-state index contributed by atoms with van der Waals surface area (Å²) in [6.45, 7) is 0.713. The van der Waals surface area contributed by atoms with Crippen molar-refractivity contribution in [1.82, 2.24) is 20.1 Å². The molecule has 0 saturated heterocycles. The van der Waals surface area contributed by atoms with Crippen LogP contribution in [0.2, 0.25) is 0 Å². The van der Waals surface area contributed by atoms with Crippen LogP contribution in [0.1, 0.15) is 18.7 Å². The normalized spacial score (nSPS) is 15.6. The molecule has 1 saturated carbocycles. The highest BCUT2D eigenvalue weighted by Crippen LogP contribution is 2.21. The third-order valence-electron chi connectivity index (χ3n) is 2.66. The zero-order chi connectivity index (χ0) is 11.0. The molecule has 16 heavy (non-hydrogen) atoms. The van der Waals surface area contributed by atoms with Gasteiger partial charge in [0.2, 0.25) is 5.89 Å². The first-order chi connectivity index (χ1) is 7.81. The van der Waals surface area contributed by atoms with E-state index in [0.717, 1.165) is 17.2 Å². The first-order valence-electron chi connectivity index (χ1n) is 5.48. The van der Waals surface area contributed by atoms with Crippen LogP contribution in [0.5, 0.6) is 0 Å². The molecule has 5 nitrogen and oxygen atoms in total. The molecule has 0 aromatic carbocycles. The van der Waals surface area contributed by atoms with E-state index < -0.39 is 0 Å². The van der Waals surface area contributed by atoms with Crippen molar-refractivity contribution in [2.24, 2.45) is 7.05 Å². The third-order valence-corrected chi connectivity index (χ3v) is 2.66. The monoisotopic (exact) mass is 218 g/mol. The van der Waals surface area contributed by atoms with Gasteiger partial charge in [-0.3, -0.25) is 4.68 Å². The molecule has 0 amide bonds. The van der Waals surface area contributed by atoms with E-state index in [4.69, 9.17) is 4.42 Å². The van der Waals surface area contributed by atoms with E-state index in [1.165, 1.54) is 12.8 Å². The fourth-order valence-electron chi connectivity index (χ4n) is 1.59. The Bertz CT molecular complexity index is 484. The second-order valence-electron chi connectivity index (χ2n) is 4.18. The summed E-state index contributed by atoms with van der Waals surface area (Å²) in [5, 5.41) is 7.47. The highest BCUT2D eigenvalue weighted by atomic mass is 16.4. The second-order valence-corrected chi connectivity index (χ2v) is 4.18. The Morgan fingerprint density at radius 3 is 3.06 bits per heavy atom. The molecule has 0 aliphatic heterocycles. The summed E-state index contributed by atoms with van der Waals surface area (Å²) < 4.78 is 7.38. The molecule has 5 heteroatoms. The predicted molar refractivity (Wildman–Crippen MR) is 58.6 cm³/mol. The van der Waals surface area contributed by atoms with Crippen LogP contribution in [-0.2, 0) is 13.6 Å². The van der Waals surface area contributed by atoms with Crippen LogP contribution < -0.4 is 5.32 Å². The molecular formula is C11H14N4O. The Kier molecular flexibility index (Phi) is 2.25. The van der Waals surface area contributed by atoms with Crippen LogP contribution in [0.4, 0.5) is 0 Å². The molecule has 0 atom stereocenters. The van der Waals surface area contributed by atoms with E-state index >= 15 is 0 Å². The summed E-state index contributed by atoms with van der Waals surface area (Å²) in [5.41, 5.74) is 0.965. The fourth-order valence-corrected chi connectivity index (χ4v) is 1.59. The Hall–Kier alpha value is -1.62. The molecule has 84 valence electrons. The summed E-state index contributed by atoms with van der Waals surface area (Å²) in [4.78, 5) is 4.24. The van der Waals surface area contributed by atoms with Crippen LogP contribution in [0.15, 0.2) is 23.0 Å². The zero-order valence-electron chi connectivity index (χ0n) is 9.18. The molecule has 1 aliphatic carbocycles. The molecule has 0 unspecified atom stereocenters. The Balaban J connectivity index is 1.71. The molecule has 2 aromatic rings. The Morgan fingerprint density at radius 1 is 1.50 bits per heavy atom. The van der Waals surface area contributed by atoms with E-state index in [2.05, 4.69) is 15.4 Å². The van der Waals surface area contributed by atoms with Gasteiger partial charge in [0.25, 0.3) is 0 Å². The van der Waals surface area contributed by atoms with Crippen molar-refractivity contribution >= 4 is 0 Å². The van der Waals surface area contributed by atoms with E-state index in [-0.39, 0.29) is 0 Å². The molecule has 1 aliphatic rings. The minimum atomic E-state index is 0.675. The van der Waals surface area contributed by atoms with Crippen LogP contribution in [0, 0.1) is 0 Å². The van der Waals surface area contributed by atoms with Crippen molar-refractivity contribution in [2.45, 2.75) is 25.4 Å². The van der Waals surface area contributed by atoms with E-state index in [9.17, 15) is 0 Å². The molecule has 2 aromatic heterocycles. The highest BCUT2D eigenvalue weighted by Gasteiger charge is 2.21. The molecule has 0 radical (unpaired) electrons. The minimum Gasteiger partial charge on any atom is -0.439 e. The van der Waals surface area contributed by atoms with Gasteiger partial charge in [0.1, 0.15) is 0 Å². The van der Waals surface area contributed by atoms with Gasteiger partial charge in [-0.15, -0.1) is 0 Å². The number of rotatable bonds is 4. The largest absolute Gasteiger partial charge is 0.439 e. The lowest BCUT2D eigenvalue weighted by molar-refractivity contribution is 0.476. The Morgan fingerprint density at radius 2 is 2.38 bits per heavy atom. The maximum Gasteiger partial charge on any atom is 0.208 e. The van der Waals surface area contributed by atoms with Gasteiger partial charge in [-0.1, -0.05) is 0 Å². The summed E-state index contributed by atoms with van der Waals surface area (Å²) in [5.74, 6) is 1.52. The topological polar surface area (TPSA) is 55.9 Å². The van der Waals surface area contributed by atoms with Crippen LogP contribution in [0.3, 0.4) is 0 Å². The van der Waals surface area contributed by atoms with Crippen molar-refractivity contribution in [3.05, 3.63) is 24.5 Å². The van der Waals surface area contributed by atoms with Crippen molar-refractivity contribution in [3.8, 4) is 11.3 Å². The third kappa shape index (κ3) is 1.99. The van der Waals surface area contributed by atoms with Crippen molar-refractivity contribution < 1.29 is 4.42 Å². The van der Waals surface area contributed by atoms with Gasteiger partial charge in [0, 0.05) is 19.3 Å². The molecule has 3 rings (SSSR count). The first kappa shape index (κ1) is 9.59. The van der Waals surface area contributed by atoms with Crippen molar-refractivity contribution in [2.75, 3.05) is 0 Å². The Labute approximate surface area is 93.5 Å². The summed E-state index contributed by atoms with van der Waals surface area (Å²) in [6.07, 6.45) is 7.99. The first-order valence-corrected chi connectivity index (χ1v) is 5.48. The highest BCUT2D eigenvalue weighted by molar-refractivity contribution is 5.53. The number of hydrogen-bond donors (Lipinski definition) is 1. The van der Waals surface area contributed by atoms with Gasteiger partial charge in [0.05, 0.1) is 24.5 Å². The van der Waals surface area contributed by atoms with Crippen LogP contribution in [0.25, 0.3) is 11.3 Å². The van der Waals surface area contributed by atoms with Gasteiger partial charge >= 0.3 is 0 Å². The molecule has 0 bridgehead atoms. The summed E-state index contributed by atoms with van der Waals surface area (Å²) in [7, 11) is 1.88. The van der Waals surface area contributed by atoms with Gasteiger partial charge < -0.3 is 9.73 Å². The number of nitrogens with one attached hydrogen (secondary N) is 1. The lowest BCUT2D eigenvalue weighted by Gasteiger charge is -1.96. The van der Waals surface area contributed by atoms with E-state index in [1.54, 1.807) is 17.1 Å². The fraction of sp³-hybridized carbons (Fsp3) is 0.455. The van der Waals surface area contributed by atoms with E-state index in [0.29, 0.717) is 12.6 Å². The van der Waals surface area contributed by atoms with Gasteiger partial charge in [-0.2, -0.15) is 5.10 Å². The molecule has 2 heterocycles. The van der Waals surface area contributed by atoms with Crippen molar-refractivity contribution in [1.29, 1.82) is 0 Å². The second kappa shape index (κ2) is 3.75. The number of aryl methyl sites for hydroxylation is 1. The van der Waals surface area contributed by atoms with Gasteiger partial charge in [-0.05, 0) is 12.8 Å². The van der Waals surface area contributed by atoms with Crippen LogP contribution in [-0.4, -0.2) is 20.8 Å². The average Bonchev–Trinajstić information content (AvgIpc) is 2.81.